The maximum absolute atomic E-state index is 5.50. The van der Waals surface area contributed by atoms with Crippen molar-refractivity contribution in [1.29, 1.82) is 0 Å². The summed E-state index contributed by atoms with van der Waals surface area (Å²) in [6.07, 6.45) is 3.24. The van der Waals surface area contributed by atoms with E-state index in [1.807, 2.05) is 0 Å². The van der Waals surface area contributed by atoms with E-state index in [9.17, 15) is 0 Å². The molecule has 82 valence electrons. The van der Waals surface area contributed by atoms with Crippen LogP contribution >= 0.6 is 22.6 Å². The van der Waals surface area contributed by atoms with Gasteiger partial charge in [-0.05, 0) is 30.4 Å². The number of hydrogen-bond donors (Lipinski definition) is 0. The molecule has 3 nitrogen and oxygen atoms in total. The fourth-order valence-corrected chi connectivity index (χ4v) is 2.62. The van der Waals surface area contributed by atoms with Crippen LogP contribution in [0.15, 0.2) is 28.7 Å². The molecule has 1 aromatic heterocycles. The first-order valence-electron chi connectivity index (χ1n) is 5.38. The Kier molecular flexibility index (Phi) is 2.67. The monoisotopic (exact) mass is 326 g/mol. The number of rotatable bonds is 1. The van der Waals surface area contributed by atoms with E-state index in [0.29, 0.717) is 9.82 Å². The third-order valence-corrected chi connectivity index (χ3v) is 3.55. The first-order chi connectivity index (χ1) is 7.83. The average molecular weight is 326 g/mol. The van der Waals surface area contributed by atoms with Crippen molar-refractivity contribution < 1.29 is 4.42 Å². The Morgan fingerprint density at radius 3 is 2.75 bits per heavy atom. The minimum absolute atomic E-state index is 0.394. The van der Waals surface area contributed by atoms with Crippen molar-refractivity contribution in [1.82, 2.24) is 10.2 Å². The van der Waals surface area contributed by atoms with Gasteiger partial charge in [-0.25, -0.2) is 0 Å². The summed E-state index contributed by atoms with van der Waals surface area (Å²) in [4.78, 5) is 0. The zero-order chi connectivity index (χ0) is 11.0. The normalized spacial score (nSPS) is 19.4. The lowest BCUT2D eigenvalue weighted by molar-refractivity contribution is 0.405. The molecule has 0 radical (unpaired) electrons. The van der Waals surface area contributed by atoms with Gasteiger partial charge in [0.15, 0.2) is 0 Å². The van der Waals surface area contributed by atoms with E-state index < -0.39 is 0 Å². The van der Waals surface area contributed by atoms with E-state index in [4.69, 9.17) is 4.42 Å². The summed E-state index contributed by atoms with van der Waals surface area (Å²) in [5, 5.41) is 8.01. The number of hydrogen-bond acceptors (Lipinski definition) is 3. The predicted molar refractivity (Wildman–Crippen MR) is 68.2 cm³/mol. The number of benzene rings is 1. The van der Waals surface area contributed by atoms with Gasteiger partial charge >= 0.3 is 0 Å². The van der Waals surface area contributed by atoms with Gasteiger partial charge in [-0.15, -0.1) is 10.2 Å². The zero-order valence-corrected chi connectivity index (χ0v) is 10.8. The van der Waals surface area contributed by atoms with Gasteiger partial charge < -0.3 is 4.42 Å². The van der Waals surface area contributed by atoms with Gasteiger partial charge in [-0.2, -0.15) is 0 Å². The molecule has 16 heavy (non-hydrogen) atoms. The lowest BCUT2D eigenvalue weighted by atomic mass is 9.84. The Morgan fingerprint density at radius 2 is 2.00 bits per heavy atom. The molecular formula is C12H11IN2O. The lowest BCUT2D eigenvalue weighted by Crippen LogP contribution is -2.12. The van der Waals surface area contributed by atoms with Crippen molar-refractivity contribution in [3.8, 4) is 0 Å². The van der Waals surface area contributed by atoms with E-state index in [-0.39, 0.29) is 0 Å². The molecule has 4 heteroatoms. The van der Waals surface area contributed by atoms with E-state index in [2.05, 4.69) is 57.1 Å². The van der Waals surface area contributed by atoms with Crippen LogP contribution in [-0.4, -0.2) is 10.2 Å². The number of fused-ring (bicyclic) bond motifs is 1. The topological polar surface area (TPSA) is 38.9 Å². The molecule has 0 spiro atoms. The van der Waals surface area contributed by atoms with Crippen LogP contribution in [0, 0.1) is 3.90 Å². The highest BCUT2D eigenvalue weighted by molar-refractivity contribution is 14.1. The van der Waals surface area contributed by atoms with Gasteiger partial charge in [0.25, 0.3) is 3.90 Å². The van der Waals surface area contributed by atoms with Crippen molar-refractivity contribution in [3.63, 3.8) is 0 Å². The molecule has 0 bridgehead atoms. The van der Waals surface area contributed by atoms with Crippen LogP contribution in [0.5, 0.6) is 0 Å². The number of aromatic nitrogens is 2. The Bertz CT molecular complexity index is 509. The third kappa shape index (κ3) is 1.86. The molecule has 0 N–H and O–H groups in total. The zero-order valence-electron chi connectivity index (χ0n) is 8.69. The molecule has 0 saturated heterocycles. The minimum Gasteiger partial charge on any atom is -0.416 e. The SMILES string of the molecule is Ic1nnc(C2CCc3ccccc3C2)o1. The molecule has 1 heterocycles. The van der Waals surface area contributed by atoms with Crippen molar-refractivity contribution in [2.75, 3.05) is 0 Å². The van der Waals surface area contributed by atoms with Crippen molar-refractivity contribution in [2.45, 2.75) is 25.2 Å². The summed E-state index contributed by atoms with van der Waals surface area (Å²) in [6, 6.07) is 8.61. The van der Waals surface area contributed by atoms with Crippen LogP contribution in [0.2, 0.25) is 0 Å². The predicted octanol–water partition coefficient (Wildman–Crippen LogP) is 2.95. The van der Waals surface area contributed by atoms with Crippen molar-refractivity contribution in [2.24, 2.45) is 0 Å². The van der Waals surface area contributed by atoms with Gasteiger partial charge in [0.2, 0.25) is 5.89 Å². The highest BCUT2D eigenvalue weighted by atomic mass is 127. The van der Waals surface area contributed by atoms with Crippen LogP contribution in [0.1, 0.15) is 29.4 Å². The number of aryl methyl sites for hydroxylation is 1. The molecule has 1 aliphatic rings. The maximum Gasteiger partial charge on any atom is 0.278 e. The average Bonchev–Trinajstić information content (AvgIpc) is 2.75. The van der Waals surface area contributed by atoms with Crippen LogP contribution in [-0.2, 0) is 12.8 Å². The molecule has 2 aromatic rings. The Hall–Kier alpha value is -0.910. The number of halogens is 1. The Balaban J connectivity index is 1.88. The second-order valence-corrected chi connectivity index (χ2v) is 5.02. The smallest absolute Gasteiger partial charge is 0.278 e. The van der Waals surface area contributed by atoms with Crippen LogP contribution in [0.25, 0.3) is 0 Å². The van der Waals surface area contributed by atoms with Crippen molar-refractivity contribution in [3.05, 3.63) is 45.2 Å². The first kappa shape index (κ1) is 10.3. The van der Waals surface area contributed by atoms with Crippen molar-refractivity contribution >= 4 is 22.6 Å². The summed E-state index contributed by atoms with van der Waals surface area (Å²) >= 11 is 2.06. The molecule has 1 aliphatic carbocycles. The molecule has 0 aliphatic heterocycles. The van der Waals surface area contributed by atoms with Gasteiger partial charge in [-0.3, -0.25) is 0 Å². The summed E-state index contributed by atoms with van der Waals surface area (Å²) in [7, 11) is 0. The summed E-state index contributed by atoms with van der Waals surface area (Å²) in [6.45, 7) is 0. The molecule has 0 amide bonds. The fraction of sp³-hybridized carbons (Fsp3) is 0.333. The van der Waals surface area contributed by atoms with E-state index in [1.165, 1.54) is 11.1 Å². The molecule has 0 fully saturated rings. The quantitative estimate of drug-likeness (QED) is 0.757. The second-order valence-electron chi connectivity index (χ2n) is 4.10. The standard InChI is InChI=1S/C12H11IN2O/c13-12-15-14-11(16-12)10-6-5-8-3-1-2-4-9(8)7-10/h1-4,10H,5-7H2. The highest BCUT2D eigenvalue weighted by Gasteiger charge is 2.23. The molecule has 3 rings (SSSR count). The second kappa shape index (κ2) is 4.16. The first-order valence-corrected chi connectivity index (χ1v) is 6.46. The third-order valence-electron chi connectivity index (χ3n) is 3.11. The number of nitrogens with zero attached hydrogens (tertiary/aromatic N) is 2. The Labute approximate surface area is 107 Å². The van der Waals surface area contributed by atoms with E-state index in [0.717, 1.165) is 25.2 Å². The highest BCUT2D eigenvalue weighted by Crippen LogP contribution is 2.31. The Morgan fingerprint density at radius 1 is 1.19 bits per heavy atom. The molecular weight excluding hydrogens is 315 g/mol. The molecule has 1 atom stereocenters. The van der Waals surface area contributed by atoms with Crippen LogP contribution < -0.4 is 0 Å². The van der Waals surface area contributed by atoms with E-state index in [1.54, 1.807) is 0 Å². The molecule has 0 saturated carbocycles. The molecule has 1 aromatic carbocycles. The fourth-order valence-electron chi connectivity index (χ4n) is 2.29. The molecule has 1 unspecified atom stereocenters. The summed E-state index contributed by atoms with van der Waals surface area (Å²) in [5.74, 6) is 1.19. The van der Waals surface area contributed by atoms with Crippen LogP contribution in [0.4, 0.5) is 0 Å². The van der Waals surface area contributed by atoms with Gasteiger partial charge in [-0.1, -0.05) is 24.3 Å². The summed E-state index contributed by atoms with van der Waals surface area (Å²) in [5.41, 5.74) is 2.89. The van der Waals surface area contributed by atoms with Gasteiger partial charge in [0.05, 0.1) is 0 Å². The minimum atomic E-state index is 0.394. The largest absolute Gasteiger partial charge is 0.416 e. The van der Waals surface area contributed by atoms with E-state index >= 15 is 0 Å². The maximum atomic E-state index is 5.50. The lowest BCUT2D eigenvalue weighted by Gasteiger charge is -2.21. The van der Waals surface area contributed by atoms with Crippen LogP contribution in [0.3, 0.4) is 0 Å². The summed E-state index contributed by atoms with van der Waals surface area (Å²) < 4.78 is 6.13. The van der Waals surface area contributed by atoms with Gasteiger partial charge in [0, 0.05) is 28.5 Å². The van der Waals surface area contributed by atoms with Gasteiger partial charge in [0.1, 0.15) is 0 Å².